The summed E-state index contributed by atoms with van der Waals surface area (Å²) >= 11 is 6.37. The molecule has 4 rings (SSSR count). The molecule has 180 valence electrons. The number of sulfone groups is 1. The van der Waals surface area contributed by atoms with Crippen LogP contribution >= 0.6 is 11.6 Å². The molecule has 0 fully saturated rings. The quantitative estimate of drug-likeness (QED) is 0.358. The summed E-state index contributed by atoms with van der Waals surface area (Å²) in [6, 6.07) is 13.9. The van der Waals surface area contributed by atoms with E-state index >= 15 is 0 Å². The van der Waals surface area contributed by atoms with Gasteiger partial charge in [0.15, 0.2) is 27.1 Å². The Morgan fingerprint density at radius 2 is 1.79 bits per heavy atom. The fraction of sp³-hybridized carbons (Fsp3) is 0.208. The Balaban J connectivity index is 0.00000228. The maximum atomic E-state index is 12.4. The average molecular weight is 502 g/mol. The predicted octanol–water partition coefficient (Wildman–Crippen LogP) is 5.09. The highest BCUT2D eigenvalue weighted by Crippen LogP contribution is 2.31. The Morgan fingerprint density at radius 1 is 1.09 bits per heavy atom. The van der Waals surface area contributed by atoms with Crippen LogP contribution in [-0.2, 0) is 16.4 Å². The number of hydrogen-bond donors (Lipinski definition) is 2. The number of nitrogens with two attached hydrogens (primary N) is 1. The molecule has 0 unspecified atom stereocenters. The minimum absolute atomic E-state index is 0. The standard InChI is InChI=1S/C24H24ClN5O3S.2H2/c1-14(2)34(31,32)18-8-6-15(7-9-18)21-13-28-24(26)23(29-21)22-11-20(30-33-22)16-4-5-17(12-27-3)19(25)10-16;;/h4-11,13-14,27H,12H2,1-3H3,(H2,26,28);2*1H. The lowest BCUT2D eigenvalue weighted by atomic mass is 10.1. The van der Waals surface area contributed by atoms with Gasteiger partial charge in [0, 0.05) is 31.6 Å². The SMILES string of the molecule is CNCc1ccc(-c2cc(-c3nc(-c4ccc(S(=O)(=O)C(C)C)cc4)cnc3N)on2)cc1Cl.[HH].[HH]. The van der Waals surface area contributed by atoms with Gasteiger partial charge in [-0.3, -0.25) is 0 Å². The summed E-state index contributed by atoms with van der Waals surface area (Å²) in [7, 11) is -1.50. The number of nitrogen functional groups attached to an aromatic ring is 1. The molecule has 0 saturated heterocycles. The Bertz CT molecular complexity index is 1440. The van der Waals surface area contributed by atoms with E-state index in [1.807, 2.05) is 25.2 Å². The van der Waals surface area contributed by atoms with Gasteiger partial charge in [-0.25, -0.2) is 18.4 Å². The van der Waals surface area contributed by atoms with Gasteiger partial charge < -0.3 is 15.6 Å². The summed E-state index contributed by atoms with van der Waals surface area (Å²) in [5.74, 6) is 0.545. The molecule has 0 aliphatic heterocycles. The third-order valence-corrected chi connectivity index (χ3v) is 7.88. The zero-order chi connectivity index (χ0) is 24.5. The number of halogens is 1. The minimum Gasteiger partial charge on any atom is -0.382 e. The van der Waals surface area contributed by atoms with Crippen molar-refractivity contribution in [1.29, 1.82) is 0 Å². The number of aromatic nitrogens is 3. The van der Waals surface area contributed by atoms with Crippen LogP contribution < -0.4 is 11.1 Å². The van der Waals surface area contributed by atoms with E-state index in [1.54, 1.807) is 44.2 Å². The molecule has 0 radical (unpaired) electrons. The highest BCUT2D eigenvalue weighted by Gasteiger charge is 2.20. The van der Waals surface area contributed by atoms with Crippen LogP contribution in [0.5, 0.6) is 0 Å². The number of anilines is 1. The van der Waals surface area contributed by atoms with Gasteiger partial charge in [-0.05, 0) is 44.7 Å². The van der Waals surface area contributed by atoms with Crippen molar-refractivity contribution in [3.05, 3.63) is 65.3 Å². The normalized spacial score (nSPS) is 11.8. The molecule has 34 heavy (non-hydrogen) atoms. The Kier molecular flexibility index (Phi) is 6.70. The van der Waals surface area contributed by atoms with Crippen LogP contribution in [0.1, 0.15) is 22.3 Å². The molecule has 2 aromatic heterocycles. The summed E-state index contributed by atoms with van der Waals surface area (Å²) < 4.78 is 30.3. The molecule has 0 amide bonds. The number of rotatable bonds is 7. The predicted molar refractivity (Wildman–Crippen MR) is 137 cm³/mol. The zero-order valence-corrected chi connectivity index (χ0v) is 20.5. The molecular formula is C24H28ClN5O3S. The van der Waals surface area contributed by atoms with E-state index < -0.39 is 15.1 Å². The van der Waals surface area contributed by atoms with Crippen LogP contribution in [-0.4, -0.2) is 35.8 Å². The summed E-state index contributed by atoms with van der Waals surface area (Å²) in [5, 5.41) is 7.33. The van der Waals surface area contributed by atoms with Gasteiger partial charge in [0.2, 0.25) is 0 Å². The minimum atomic E-state index is -3.36. The van der Waals surface area contributed by atoms with Crippen LogP contribution in [0.3, 0.4) is 0 Å². The molecule has 0 bridgehead atoms. The van der Waals surface area contributed by atoms with Gasteiger partial charge >= 0.3 is 0 Å². The van der Waals surface area contributed by atoms with Gasteiger partial charge in [0.05, 0.1) is 22.0 Å². The zero-order valence-electron chi connectivity index (χ0n) is 18.9. The molecule has 3 N–H and O–H groups in total. The second kappa shape index (κ2) is 9.54. The van der Waals surface area contributed by atoms with Crippen molar-refractivity contribution >= 4 is 27.3 Å². The monoisotopic (exact) mass is 501 g/mol. The second-order valence-corrected chi connectivity index (χ2v) is 10.9. The topological polar surface area (TPSA) is 124 Å². The molecule has 2 aromatic carbocycles. The van der Waals surface area contributed by atoms with E-state index in [2.05, 4.69) is 20.4 Å². The number of benzene rings is 2. The highest BCUT2D eigenvalue weighted by atomic mass is 35.5. The third kappa shape index (κ3) is 4.68. The molecule has 8 nitrogen and oxygen atoms in total. The highest BCUT2D eigenvalue weighted by molar-refractivity contribution is 7.92. The van der Waals surface area contributed by atoms with Gasteiger partial charge in [0.25, 0.3) is 0 Å². The lowest BCUT2D eigenvalue weighted by Gasteiger charge is -2.09. The Labute approximate surface area is 206 Å². The summed E-state index contributed by atoms with van der Waals surface area (Å²) in [4.78, 5) is 9.10. The smallest absolute Gasteiger partial charge is 0.189 e. The maximum absolute atomic E-state index is 12.4. The van der Waals surface area contributed by atoms with Crippen molar-refractivity contribution in [1.82, 2.24) is 20.4 Å². The van der Waals surface area contributed by atoms with E-state index in [-0.39, 0.29) is 13.6 Å². The van der Waals surface area contributed by atoms with E-state index in [4.69, 9.17) is 21.9 Å². The van der Waals surface area contributed by atoms with E-state index in [0.717, 1.165) is 11.1 Å². The van der Waals surface area contributed by atoms with Crippen molar-refractivity contribution in [3.8, 4) is 34.0 Å². The Morgan fingerprint density at radius 3 is 2.44 bits per heavy atom. The van der Waals surface area contributed by atoms with Crippen LogP contribution in [0.15, 0.2) is 64.1 Å². The number of hydrogen-bond acceptors (Lipinski definition) is 8. The van der Waals surface area contributed by atoms with Crippen LogP contribution in [0.4, 0.5) is 5.82 Å². The maximum Gasteiger partial charge on any atom is 0.189 e. The largest absolute Gasteiger partial charge is 0.382 e. The molecule has 2 heterocycles. The van der Waals surface area contributed by atoms with Crippen molar-refractivity contribution in [2.45, 2.75) is 30.5 Å². The van der Waals surface area contributed by atoms with Crippen LogP contribution in [0.25, 0.3) is 34.0 Å². The van der Waals surface area contributed by atoms with E-state index in [1.165, 1.54) is 6.20 Å². The molecule has 0 aliphatic rings. The molecule has 0 spiro atoms. The van der Waals surface area contributed by atoms with Crippen molar-refractivity contribution in [2.24, 2.45) is 0 Å². The third-order valence-electron chi connectivity index (χ3n) is 5.36. The summed E-state index contributed by atoms with van der Waals surface area (Å²) in [5.41, 5.74) is 9.99. The molecule has 4 aromatic rings. The lowest BCUT2D eigenvalue weighted by Crippen LogP contribution is -2.13. The molecule has 0 atom stereocenters. The average Bonchev–Trinajstić information content (AvgIpc) is 3.31. The van der Waals surface area contributed by atoms with Crippen LogP contribution in [0, 0.1) is 0 Å². The van der Waals surface area contributed by atoms with Gasteiger partial charge in [-0.15, -0.1) is 0 Å². The first-order valence-corrected chi connectivity index (χ1v) is 12.5. The first kappa shape index (κ1) is 23.9. The first-order valence-electron chi connectivity index (χ1n) is 10.6. The van der Waals surface area contributed by atoms with Gasteiger partial charge in [0.1, 0.15) is 5.69 Å². The van der Waals surface area contributed by atoms with Crippen LogP contribution in [0.2, 0.25) is 5.02 Å². The Hall–Kier alpha value is -3.27. The lowest BCUT2D eigenvalue weighted by molar-refractivity contribution is 0.434. The second-order valence-electron chi connectivity index (χ2n) is 8.02. The molecular weight excluding hydrogens is 474 g/mol. The van der Waals surface area contributed by atoms with Crippen molar-refractivity contribution < 1.29 is 15.8 Å². The van der Waals surface area contributed by atoms with Gasteiger partial charge in [-0.1, -0.05) is 41.0 Å². The van der Waals surface area contributed by atoms with E-state index in [9.17, 15) is 8.42 Å². The summed E-state index contributed by atoms with van der Waals surface area (Å²) in [6.07, 6.45) is 1.53. The molecule has 0 saturated carbocycles. The van der Waals surface area contributed by atoms with E-state index in [0.29, 0.717) is 40.0 Å². The van der Waals surface area contributed by atoms with Gasteiger partial charge in [-0.2, -0.15) is 0 Å². The summed E-state index contributed by atoms with van der Waals surface area (Å²) in [6.45, 7) is 3.96. The number of nitrogens with one attached hydrogen (secondary N) is 1. The molecule has 0 aliphatic carbocycles. The first-order chi connectivity index (χ1) is 16.2. The number of nitrogens with zero attached hydrogens (tertiary/aromatic N) is 3. The fourth-order valence-corrected chi connectivity index (χ4v) is 4.68. The fourth-order valence-electron chi connectivity index (χ4n) is 3.37. The van der Waals surface area contributed by atoms with Crippen molar-refractivity contribution in [3.63, 3.8) is 0 Å². The van der Waals surface area contributed by atoms with Crippen molar-refractivity contribution in [2.75, 3.05) is 12.8 Å². The molecule has 10 heteroatoms.